The highest BCUT2D eigenvalue weighted by molar-refractivity contribution is 5.77. The molecule has 1 N–H and O–H groups in total. The Morgan fingerprint density at radius 1 is 1.17 bits per heavy atom. The highest BCUT2D eigenvalue weighted by Crippen LogP contribution is 2.27. The Bertz CT molecular complexity index is 637. The van der Waals surface area contributed by atoms with Gasteiger partial charge in [0.15, 0.2) is 6.10 Å². The highest BCUT2D eigenvalue weighted by Gasteiger charge is 2.16. The SMILES string of the molecule is Cc1ccc(C(O)c2cc3ccccc3o2)nc1. The number of furan rings is 1. The van der Waals surface area contributed by atoms with E-state index in [0.29, 0.717) is 11.5 Å². The minimum atomic E-state index is -0.821. The number of pyridine rings is 1. The van der Waals surface area contributed by atoms with Crippen LogP contribution in [0.2, 0.25) is 0 Å². The van der Waals surface area contributed by atoms with Crippen LogP contribution in [0.25, 0.3) is 11.0 Å². The van der Waals surface area contributed by atoms with Gasteiger partial charge in [-0.15, -0.1) is 0 Å². The molecule has 0 saturated heterocycles. The van der Waals surface area contributed by atoms with E-state index in [1.165, 1.54) is 0 Å². The van der Waals surface area contributed by atoms with E-state index >= 15 is 0 Å². The summed E-state index contributed by atoms with van der Waals surface area (Å²) in [6.07, 6.45) is 0.916. The van der Waals surface area contributed by atoms with Crippen LogP contribution in [0, 0.1) is 6.92 Å². The van der Waals surface area contributed by atoms with E-state index in [1.54, 1.807) is 6.20 Å². The smallest absolute Gasteiger partial charge is 0.153 e. The summed E-state index contributed by atoms with van der Waals surface area (Å²) in [5.41, 5.74) is 2.44. The maximum Gasteiger partial charge on any atom is 0.153 e. The number of para-hydroxylation sites is 1. The number of rotatable bonds is 2. The molecule has 0 spiro atoms. The van der Waals surface area contributed by atoms with Crippen LogP contribution in [0.1, 0.15) is 23.1 Å². The van der Waals surface area contributed by atoms with Gasteiger partial charge in [-0.25, -0.2) is 0 Å². The van der Waals surface area contributed by atoms with Crippen molar-refractivity contribution in [2.45, 2.75) is 13.0 Å². The number of hydrogen-bond acceptors (Lipinski definition) is 3. The first kappa shape index (κ1) is 11.0. The zero-order chi connectivity index (χ0) is 12.5. The van der Waals surface area contributed by atoms with Gasteiger partial charge in [0, 0.05) is 11.6 Å². The fraction of sp³-hybridized carbons (Fsp3) is 0.133. The lowest BCUT2D eigenvalue weighted by molar-refractivity contribution is 0.187. The van der Waals surface area contributed by atoms with Gasteiger partial charge in [0.05, 0.1) is 5.69 Å². The van der Waals surface area contributed by atoms with Gasteiger partial charge in [0.25, 0.3) is 0 Å². The van der Waals surface area contributed by atoms with Crippen molar-refractivity contribution in [3.8, 4) is 0 Å². The average Bonchev–Trinajstić information content (AvgIpc) is 2.82. The summed E-state index contributed by atoms with van der Waals surface area (Å²) in [6, 6.07) is 13.3. The normalized spacial score (nSPS) is 12.8. The summed E-state index contributed by atoms with van der Waals surface area (Å²) >= 11 is 0. The molecular formula is C15H13NO2. The fourth-order valence-corrected chi connectivity index (χ4v) is 1.92. The van der Waals surface area contributed by atoms with Gasteiger partial charge >= 0.3 is 0 Å². The van der Waals surface area contributed by atoms with Crippen LogP contribution in [-0.4, -0.2) is 10.1 Å². The van der Waals surface area contributed by atoms with Crippen LogP contribution < -0.4 is 0 Å². The zero-order valence-electron chi connectivity index (χ0n) is 10.00. The van der Waals surface area contributed by atoms with E-state index in [9.17, 15) is 5.11 Å². The lowest BCUT2D eigenvalue weighted by atomic mass is 10.1. The van der Waals surface area contributed by atoms with Crippen molar-refractivity contribution in [1.82, 2.24) is 4.98 Å². The second kappa shape index (κ2) is 4.27. The Kier molecular flexibility index (Phi) is 2.61. The number of benzene rings is 1. The predicted molar refractivity (Wildman–Crippen MR) is 69.2 cm³/mol. The summed E-state index contributed by atoms with van der Waals surface area (Å²) in [4.78, 5) is 4.21. The molecule has 0 amide bonds. The molecule has 1 aromatic carbocycles. The molecule has 0 bridgehead atoms. The van der Waals surface area contributed by atoms with Gasteiger partial charge in [0.2, 0.25) is 0 Å². The number of aliphatic hydroxyl groups excluding tert-OH is 1. The third kappa shape index (κ3) is 1.89. The molecule has 0 aliphatic rings. The number of fused-ring (bicyclic) bond motifs is 1. The van der Waals surface area contributed by atoms with Crippen LogP contribution in [0.15, 0.2) is 53.1 Å². The van der Waals surface area contributed by atoms with Crippen LogP contribution in [0.4, 0.5) is 0 Å². The van der Waals surface area contributed by atoms with Gasteiger partial charge in [0.1, 0.15) is 11.3 Å². The van der Waals surface area contributed by atoms with Crippen molar-refractivity contribution in [2.75, 3.05) is 0 Å². The van der Waals surface area contributed by atoms with E-state index < -0.39 is 6.10 Å². The topological polar surface area (TPSA) is 46.3 Å². The molecule has 18 heavy (non-hydrogen) atoms. The largest absolute Gasteiger partial charge is 0.458 e. The maximum atomic E-state index is 10.2. The molecule has 3 heteroatoms. The molecule has 1 unspecified atom stereocenters. The molecule has 0 aliphatic carbocycles. The van der Waals surface area contributed by atoms with Crippen molar-refractivity contribution in [1.29, 1.82) is 0 Å². The summed E-state index contributed by atoms with van der Waals surface area (Å²) in [5.74, 6) is 0.521. The van der Waals surface area contributed by atoms with E-state index in [1.807, 2.05) is 49.4 Å². The molecular weight excluding hydrogens is 226 g/mol. The first-order valence-electron chi connectivity index (χ1n) is 5.83. The lowest BCUT2D eigenvalue weighted by Crippen LogP contribution is -2.00. The van der Waals surface area contributed by atoms with Crippen LogP contribution >= 0.6 is 0 Å². The maximum absolute atomic E-state index is 10.2. The predicted octanol–water partition coefficient (Wildman–Crippen LogP) is 3.22. The highest BCUT2D eigenvalue weighted by atomic mass is 16.4. The van der Waals surface area contributed by atoms with E-state index in [4.69, 9.17) is 4.42 Å². The minimum absolute atomic E-state index is 0.521. The molecule has 3 aromatic rings. The lowest BCUT2D eigenvalue weighted by Gasteiger charge is -2.06. The molecule has 0 saturated carbocycles. The summed E-state index contributed by atoms with van der Waals surface area (Å²) in [7, 11) is 0. The van der Waals surface area contributed by atoms with Crippen molar-refractivity contribution < 1.29 is 9.52 Å². The molecule has 2 heterocycles. The van der Waals surface area contributed by atoms with Gasteiger partial charge < -0.3 is 9.52 Å². The molecule has 0 fully saturated rings. The number of aryl methyl sites for hydroxylation is 1. The van der Waals surface area contributed by atoms with Crippen molar-refractivity contribution in [3.05, 3.63) is 65.7 Å². The molecule has 1 atom stereocenters. The van der Waals surface area contributed by atoms with Gasteiger partial charge in [-0.1, -0.05) is 24.3 Å². The Morgan fingerprint density at radius 2 is 2.00 bits per heavy atom. The van der Waals surface area contributed by atoms with Crippen LogP contribution in [0.3, 0.4) is 0 Å². The second-order valence-electron chi connectivity index (χ2n) is 4.35. The van der Waals surface area contributed by atoms with E-state index in [0.717, 1.165) is 16.5 Å². The van der Waals surface area contributed by atoms with Crippen molar-refractivity contribution in [3.63, 3.8) is 0 Å². The molecule has 3 nitrogen and oxygen atoms in total. The summed E-state index contributed by atoms with van der Waals surface area (Å²) in [6.45, 7) is 1.96. The Hall–Kier alpha value is -2.13. The van der Waals surface area contributed by atoms with E-state index in [2.05, 4.69) is 4.98 Å². The van der Waals surface area contributed by atoms with E-state index in [-0.39, 0.29) is 0 Å². The van der Waals surface area contributed by atoms with Gasteiger partial charge in [-0.3, -0.25) is 4.98 Å². The van der Waals surface area contributed by atoms with Crippen LogP contribution in [-0.2, 0) is 0 Å². The third-order valence-electron chi connectivity index (χ3n) is 2.93. The van der Waals surface area contributed by atoms with Crippen molar-refractivity contribution >= 4 is 11.0 Å². The van der Waals surface area contributed by atoms with Gasteiger partial charge in [-0.2, -0.15) is 0 Å². The Labute approximate surface area is 105 Å². The quantitative estimate of drug-likeness (QED) is 0.746. The van der Waals surface area contributed by atoms with Crippen LogP contribution in [0.5, 0.6) is 0 Å². The monoisotopic (exact) mass is 239 g/mol. The average molecular weight is 239 g/mol. The van der Waals surface area contributed by atoms with Gasteiger partial charge in [-0.05, 0) is 30.7 Å². The third-order valence-corrected chi connectivity index (χ3v) is 2.93. The van der Waals surface area contributed by atoms with Crippen molar-refractivity contribution in [2.24, 2.45) is 0 Å². The molecule has 3 rings (SSSR count). The summed E-state index contributed by atoms with van der Waals surface area (Å²) in [5, 5.41) is 11.2. The molecule has 2 aromatic heterocycles. The fourth-order valence-electron chi connectivity index (χ4n) is 1.92. The number of nitrogens with zero attached hydrogens (tertiary/aromatic N) is 1. The Balaban J connectivity index is 2.00. The molecule has 0 radical (unpaired) electrons. The number of hydrogen-bond donors (Lipinski definition) is 1. The summed E-state index contributed by atoms with van der Waals surface area (Å²) < 4.78 is 5.62. The second-order valence-corrected chi connectivity index (χ2v) is 4.35. The molecule has 90 valence electrons. The Morgan fingerprint density at radius 3 is 2.72 bits per heavy atom. The molecule has 0 aliphatic heterocycles. The first-order valence-corrected chi connectivity index (χ1v) is 5.83. The number of aliphatic hydroxyl groups is 1. The standard InChI is InChI=1S/C15H13NO2/c1-10-6-7-12(16-9-10)15(17)14-8-11-4-2-3-5-13(11)18-14/h2-9,15,17H,1H3. The minimum Gasteiger partial charge on any atom is -0.458 e. The number of aromatic nitrogens is 1. The zero-order valence-corrected chi connectivity index (χ0v) is 10.00. The first-order chi connectivity index (χ1) is 8.74.